The van der Waals surface area contributed by atoms with Gasteiger partial charge in [-0.15, -0.1) is 11.8 Å². The van der Waals surface area contributed by atoms with Crippen molar-refractivity contribution < 1.29 is 24.3 Å². The highest BCUT2D eigenvalue weighted by atomic mass is 32.2. The Morgan fingerprint density at radius 2 is 1.61 bits per heavy atom. The third-order valence-corrected chi connectivity index (χ3v) is 6.22. The third-order valence-electron chi connectivity index (χ3n) is 4.52. The zero-order chi connectivity index (χ0) is 21.5. The average Bonchev–Trinajstić information content (AvgIpc) is 2.49. The Labute approximate surface area is 171 Å². The van der Waals surface area contributed by atoms with Crippen LogP contribution in [0.1, 0.15) is 58.2 Å². The number of thioether (sulfide) groups is 1. The smallest absolute Gasteiger partial charge is 0.344 e. The zero-order valence-corrected chi connectivity index (χ0v) is 19.0. The van der Waals surface area contributed by atoms with Gasteiger partial charge in [0.2, 0.25) is 0 Å². The van der Waals surface area contributed by atoms with Gasteiger partial charge in [0.15, 0.2) is 0 Å². The van der Waals surface area contributed by atoms with Crippen LogP contribution >= 0.6 is 19.4 Å². The zero-order valence-electron chi connectivity index (χ0n) is 17.3. The van der Waals surface area contributed by atoms with Gasteiger partial charge in [0, 0.05) is 23.4 Å². The summed E-state index contributed by atoms with van der Waals surface area (Å²) in [4.78, 5) is 32.8. The number of phenolic OH excluding ortho intramolecular Hbond substituents is 1. The van der Waals surface area contributed by atoms with Crippen LogP contribution < -0.4 is 0 Å². The summed E-state index contributed by atoms with van der Waals surface area (Å²) < 4.78 is 11.3. The summed E-state index contributed by atoms with van der Waals surface area (Å²) in [6.07, 6.45) is 1.18. The summed E-state index contributed by atoms with van der Waals surface area (Å²) in [7, 11) is -4.31. The molecule has 1 saturated heterocycles. The second kappa shape index (κ2) is 7.86. The van der Waals surface area contributed by atoms with Gasteiger partial charge in [-0.3, -0.25) is 9.36 Å². The Morgan fingerprint density at radius 1 is 1.11 bits per heavy atom. The lowest BCUT2D eigenvalue weighted by Crippen LogP contribution is -2.37. The van der Waals surface area contributed by atoms with Gasteiger partial charge in [-0.25, -0.2) is 0 Å². The quantitative estimate of drug-likeness (QED) is 0.498. The lowest BCUT2D eigenvalue weighted by molar-refractivity contribution is -0.125. The number of hydrogen-bond donors (Lipinski definition) is 3. The lowest BCUT2D eigenvalue weighted by Gasteiger charge is -2.29. The molecule has 1 aliphatic rings. The van der Waals surface area contributed by atoms with Crippen LogP contribution in [0.15, 0.2) is 17.0 Å². The van der Waals surface area contributed by atoms with E-state index in [2.05, 4.69) is 0 Å². The summed E-state index contributed by atoms with van der Waals surface area (Å²) in [6.45, 7) is 12.4. The molecule has 0 bridgehead atoms. The van der Waals surface area contributed by atoms with Crippen LogP contribution in [0.5, 0.6) is 5.75 Å². The Morgan fingerprint density at radius 3 is 2.04 bits per heavy atom. The summed E-state index contributed by atoms with van der Waals surface area (Å²) >= 11 is 1.38. The molecule has 0 aromatic heterocycles. The van der Waals surface area contributed by atoms with E-state index in [0.29, 0.717) is 17.2 Å². The molecule has 3 N–H and O–H groups in total. The van der Waals surface area contributed by atoms with Gasteiger partial charge in [-0.2, -0.15) is 0 Å². The fourth-order valence-corrected chi connectivity index (χ4v) is 4.80. The van der Waals surface area contributed by atoms with Gasteiger partial charge in [-0.05, 0) is 34.6 Å². The topological polar surface area (TPSA) is 98.1 Å². The van der Waals surface area contributed by atoms with Gasteiger partial charge < -0.3 is 19.8 Å². The van der Waals surface area contributed by atoms with E-state index < -0.39 is 13.9 Å². The fraction of sp³-hybridized carbons (Fsp3) is 0.550. The van der Waals surface area contributed by atoms with Gasteiger partial charge >= 0.3 is 7.60 Å². The molecular formula is C20H30NO5PS. The number of hydrogen-bond acceptors (Lipinski definition) is 4. The predicted molar refractivity (Wildman–Crippen MR) is 115 cm³/mol. The molecule has 0 aliphatic carbocycles. The van der Waals surface area contributed by atoms with Crippen molar-refractivity contribution in [1.29, 1.82) is 0 Å². The van der Waals surface area contributed by atoms with Crippen LogP contribution in [0, 0.1) is 0 Å². The number of carbonyl (C=O) groups is 1. The van der Waals surface area contributed by atoms with Crippen LogP contribution in [-0.2, 0) is 20.2 Å². The van der Waals surface area contributed by atoms with Crippen LogP contribution in [0.4, 0.5) is 0 Å². The van der Waals surface area contributed by atoms with Crippen LogP contribution in [0.25, 0.3) is 6.08 Å². The summed E-state index contributed by atoms with van der Waals surface area (Å²) in [6, 6.07) is 3.76. The summed E-state index contributed by atoms with van der Waals surface area (Å²) in [5.41, 5.74) is 1.82. The van der Waals surface area contributed by atoms with E-state index in [1.54, 1.807) is 6.08 Å². The van der Waals surface area contributed by atoms with Crippen LogP contribution in [-0.4, -0.2) is 44.3 Å². The van der Waals surface area contributed by atoms with Gasteiger partial charge in [0.25, 0.3) is 5.91 Å². The average molecular weight is 428 g/mol. The maximum absolute atomic E-state index is 12.7. The minimum atomic E-state index is -4.31. The number of aromatic hydroxyl groups is 1. The van der Waals surface area contributed by atoms with Crippen molar-refractivity contribution in [3.05, 3.63) is 33.7 Å². The molecule has 28 heavy (non-hydrogen) atoms. The van der Waals surface area contributed by atoms with E-state index in [9.17, 15) is 24.3 Å². The molecule has 0 spiro atoms. The number of benzene rings is 1. The molecule has 6 nitrogen and oxygen atoms in total. The van der Waals surface area contributed by atoms with Crippen molar-refractivity contribution >= 4 is 31.3 Å². The highest BCUT2D eigenvalue weighted by Crippen LogP contribution is 2.41. The van der Waals surface area contributed by atoms with Gasteiger partial charge in [-0.1, -0.05) is 41.5 Å². The molecule has 1 amide bonds. The minimum absolute atomic E-state index is 0.271. The fourth-order valence-electron chi connectivity index (χ4n) is 3.08. The maximum Gasteiger partial charge on any atom is 0.344 e. The molecule has 1 aliphatic heterocycles. The number of carbonyl (C=O) groups excluding carboxylic acids is 1. The first-order valence-corrected chi connectivity index (χ1v) is 11.9. The molecule has 1 aromatic rings. The van der Waals surface area contributed by atoms with Gasteiger partial charge in [0.05, 0.1) is 4.91 Å². The molecule has 1 aromatic carbocycles. The van der Waals surface area contributed by atoms with Crippen molar-refractivity contribution in [3.63, 3.8) is 0 Å². The van der Waals surface area contributed by atoms with E-state index in [1.807, 2.05) is 53.7 Å². The van der Waals surface area contributed by atoms with Crippen molar-refractivity contribution in [1.82, 2.24) is 4.90 Å². The highest BCUT2D eigenvalue weighted by Gasteiger charge is 2.30. The Hall–Kier alpha value is -1.27. The molecule has 156 valence electrons. The van der Waals surface area contributed by atoms with Crippen molar-refractivity contribution in [2.45, 2.75) is 52.4 Å². The van der Waals surface area contributed by atoms with E-state index in [4.69, 9.17) is 0 Å². The van der Waals surface area contributed by atoms with Crippen LogP contribution in [0.3, 0.4) is 0 Å². The monoisotopic (exact) mass is 427 g/mol. The lowest BCUT2D eigenvalue weighted by atomic mass is 9.78. The molecule has 0 atom stereocenters. The van der Waals surface area contributed by atoms with Gasteiger partial charge in [0.1, 0.15) is 12.0 Å². The number of nitrogens with zero attached hydrogens (tertiary/aromatic N) is 1. The van der Waals surface area contributed by atoms with Crippen molar-refractivity contribution in [2.24, 2.45) is 0 Å². The second-order valence-electron chi connectivity index (χ2n) is 9.20. The highest BCUT2D eigenvalue weighted by molar-refractivity contribution is 8.04. The Balaban J connectivity index is 2.52. The molecule has 0 unspecified atom stereocenters. The first-order valence-electron chi connectivity index (χ1n) is 9.16. The molecule has 1 heterocycles. The Bertz CT molecular complexity index is 810. The minimum Gasteiger partial charge on any atom is -0.507 e. The van der Waals surface area contributed by atoms with E-state index in [-0.39, 0.29) is 22.5 Å². The summed E-state index contributed by atoms with van der Waals surface area (Å²) in [5, 5.41) is 10.8. The normalized spacial score (nSPS) is 18.1. The number of phenols is 1. The molecule has 0 saturated carbocycles. The molecule has 2 rings (SSSR count). The SMILES string of the molecule is CC(C)(C)c1cc(C=C2SCCN(CP(=O)(O)O)C2=O)cc(C(C)(C)C)c1O. The Kier molecular flexibility index (Phi) is 6.46. The molecule has 1 fully saturated rings. The van der Waals surface area contributed by atoms with E-state index in [0.717, 1.165) is 16.7 Å². The predicted octanol–water partition coefficient (Wildman–Crippen LogP) is 4.04. The number of rotatable bonds is 3. The molecular weight excluding hydrogens is 397 g/mol. The standard InChI is InChI=1S/C20H30NO5PS/c1-19(2,3)14-9-13(10-15(17(14)22)20(4,5)6)11-16-18(23)21(7-8-28-16)12-27(24,25)26/h9-11,22H,7-8,12H2,1-6H3,(H2,24,25,26). The van der Waals surface area contributed by atoms with Crippen LogP contribution in [0.2, 0.25) is 0 Å². The molecule has 0 radical (unpaired) electrons. The van der Waals surface area contributed by atoms with Crippen molar-refractivity contribution in [2.75, 3.05) is 18.6 Å². The maximum atomic E-state index is 12.7. The largest absolute Gasteiger partial charge is 0.507 e. The van der Waals surface area contributed by atoms with Crippen molar-refractivity contribution in [3.8, 4) is 5.75 Å². The third kappa shape index (κ3) is 5.63. The van der Waals surface area contributed by atoms with E-state index >= 15 is 0 Å². The van der Waals surface area contributed by atoms with E-state index in [1.165, 1.54) is 16.7 Å². The first kappa shape index (κ1) is 23.0. The first-order chi connectivity index (χ1) is 12.6. The second-order valence-corrected chi connectivity index (χ2v) is 11.9. The number of amides is 1. The summed E-state index contributed by atoms with van der Waals surface area (Å²) in [5.74, 6) is 0.476. The molecule has 8 heteroatoms.